The van der Waals surface area contributed by atoms with E-state index in [-0.39, 0.29) is 16.6 Å². The van der Waals surface area contributed by atoms with Crippen LogP contribution in [-0.4, -0.2) is 35.3 Å². The molecule has 98 valence electrons. The number of nitrogens with zero attached hydrogens (tertiary/aromatic N) is 3. The molecule has 2 rings (SSSR count). The summed E-state index contributed by atoms with van der Waals surface area (Å²) in [6.45, 7) is -0.306. The van der Waals surface area contributed by atoms with E-state index in [9.17, 15) is 8.42 Å². The highest BCUT2D eigenvalue weighted by atomic mass is 32.2. The number of nitrogens with one attached hydrogen (secondary N) is 1. The number of pyridine rings is 1. The lowest BCUT2D eigenvalue weighted by Gasteiger charge is -2.04. The van der Waals surface area contributed by atoms with Gasteiger partial charge in [-0.15, -0.1) is 10.2 Å². The molecule has 2 heterocycles. The second-order valence-corrected chi connectivity index (χ2v) is 5.73. The van der Waals surface area contributed by atoms with E-state index in [1.807, 2.05) is 0 Å². The molecule has 0 fully saturated rings. The lowest BCUT2D eigenvalue weighted by Crippen LogP contribution is -2.13. The first-order valence-corrected chi connectivity index (χ1v) is 7.32. The Morgan fingerprint density at radius 3 is 2.95 bits per heavy atom. The van der Waals surface area contributed by atoms with E-state index in [1.165, 1.54) is 24.0 Å². The molecule has 2 aromatic heterocycles. The Kier molecular flexibility index (Phi) is 4.06. The Hall–Kier alpha value is -2.02. The van der Waals surface area contributed by atoms with Crippen LogP contribution in [0.5, 0.6) is 0 Å². The fourth-order valence-corrected chi connectivity index (χ4v) is 2.85. The molecule has 0 atom stereocenters. The Morgan fingerprint density at radius 1 is 1.42 bits per heavy atom. The fraction of sp³-hybridized carbons (Fsp3) is 0.100. The highest BCUT2D eigenvalue weighted by Crippen LogP contribution is 2.16. The van der Waals surface area contributed by atoms with Crippen LogP contribution in [0.25, 0.3) is 0 Å². The van der Waals surface area contributed by atoms with Crippen molar-refractivity contribution >= 4 is 26.5 Å². The summed E-state index contributed by atoms with van der Waals surface area (Å²) in [5, 5.41) is 15.9. The van der Waals surface area contributed by atoms with Crippen LogP contribution in [0.15, 0.2) is 28.9 Å². The molecule has 7 nitrogen and oxygen atoms in total. The molecule has 19 heavy (non-hydrogen) atoms. The molecule has 0 aromatic carbocycles. The molecule has 9 heteroatoms. The van der Waals surface area contributed by atoms with Crippen LogP contribution in [0.4, 0.5) is 5.13 Å². The van der Waals surface area contributed by atoms with Gasteiger partial charge in [-0.3, -0.25) is 9.71 Å². The molecule has 0 amide bonds. The molecule has 0 aliphatic rings. The third-order valence-corrected chi connectivity index (χ3v) is 3.96. The number of rotatable bonds is 3. The van der Waals surface area contributed by atoms with Gasteiger partial charge in [-0.25, -0.2) is 8.42 Å². The van der Waals surface area contributed by atoms with Crippen LogP contribution in [0.2, 0.25) is 0 Å². The summed E-state index contributed by atoms with van der Waals surface area (Å²) in [5.41, 5.74) is 1.81. The van der Waals surface area contributed by atoms with Crippen LogP contribution in [0.3, 0.4) is 0 Å². The second-order valence-electron chi connectivity index (χ2n) is 3.22. The molecule has 0 aliphatic heterocycles. The van der Waals surface area contributed by atoms with Gasteiger partial charge in [0.25, 0.3) is 10.0 Å². The Balaban J connectivity index is 2.30. The number of anilines is 1. The maximum Gasteiger partial charge on any atom is 0.265 e. The van der Waals surface area contributed by atoms with Crippen molar-refractivity contribution in [1.29, 1.82) is 0 Å². The monoisotopic (exact) mass is 296 g/mol. The minimum atomic E-state index is -3.77. The van der Waals surface area contributed by atoms with Gasteiger partial charge >= 0.3 is 0 Å². The number of hydrogen-bond acceptors (Lipinski definition) is 7. The molecule has 0 unspecified atom stereocenters. The lowest BCUT2D eigenvalue weighted by molar-refractivity contribution is 0.350. The Labute approximate surface area is 113 Å². The minimum absolute atomic E-state index is 0.0348. The average Bonchev–Trinajstić information content (AvgIpc) is 2.89. The number of aromatic nitrogens is 3. The van der Waals surface area contributed by atoms with Gasteiger partial charge in [0.15, 0.2) is 0 Å². The maximum atomic E-state index is 12.0. The zero-order valence-electron chi connectivity index (χ0n) is 9.44. The predicted octanol–water partition coefficient (Wildman–Crippen LogP) is 0.0777. The zero-order valence-corrected chi connectivity index (χ0v) is 11.1. The molecule has 0 bridgehead atoms. The highest BCUT2D eigenvalue weighted by molar-refractivity contribution is 7.93. The molecule has 2 N–H and O–H groups in total. The van der Waals surface area contributed by atoms with E-state index in [0.717, 1.165) is 11.3 Å². The summed E-state index contributed by atoms with van der Waals surface area (Å²) < 4.78 is 26.3. The summed E-state index contributed by atoms with van der Waals surface area (Å²) in [6, 6.07) is 1.36. The van der Waals surface area contributed by atoms with E-state index in [4.69, 9.17) is 5.11 Å². The van der Waals surface area contributed by atoms with Crippen LogP contribution in [0, 0.1) is 11.8 Å². The predicted molar refractivity (Wildman–Crippen MR) is 68.9 cm³/mol. The Bertz CT molecular complexity index is 717. The second kappa shape index (κ2) is 5.75. The number of sulfonamides is 1. The van der Waals surface area contributed by atoms with Crippen molar-refractivity contribution in [2.24, 2.45) is 0 Å². The topological polar surface area (TPSA) is 105 Å². The van der Waals surface area contributed by atoms with E-state index < -0.39 is 10.0 Å². The summed E-state index contributed by atoms with van der Waals surface area (Å²) in [7, 11) is -3.77. The Morgan fingerprint density at radius 2 is 2.26 bits per heavy atom. The van der Waals surface area contributed by atoms with Crippen LogP contribution >= 0.6 is 11.3 Å². The summed E-state index contributed by atoms with van der Waals surface area (Å²) >= 11 is 1.07. The van der Waals surface area contributed by atoms with Crippen molar-refractivity contribution in [3.8, 4) is 11.8 Å². The van der Waals surface area contributed by atoms with Gasteiger partial charge in [0.1, 0.15) is 17.0 Å². The van der Waals surface area contributed by atoms with Crippen molar-refractivity contribution < 1.29 is 13.5 Å². The van der Waals surface area contributed by atoms with Crippen molar-refractivity contribution in [2.75, 3.05) is 11.3 Å². The van der Waals surface area contributed by atoms with E-state index in [2.05, 4.69) is 31.7 Å². The molecule has 0 spiro atoms. The maximum absolute atomic E-state index is 12.0. The highest BCUT2D eigenvalue weighted by Gasteiger charge is 2.16. The number of aliphatic hydroxyl groups is 1. The van der Waals surface area contributed by atoms with Gasteiger partial charge in [0, 0.05) is 18.0 Å². The van der Waals surface area contributed by atoms with Gasteiger partial charge in [-0.05, 0) is 6.07 Å². The normalized spacial score (nSPS) is 10.6. The van der Waals surface area contributed by atoms with Crippen LogP contribution < -0.4 is 4.72 Å². The summed E-state index contributed by atoms with van der Waals surface area (Å²) in [6.07, 6.45) is 2.61. The van der Waals surface area contributed by atoms with Crippen molar-refractivity contribution in [2.45, 2.75) is 4.90 Å². The first-order chi connectivity index (χ1) is 9.12. The minimum Gasteiger partial charge on any atom is -0.384 e. The summed E-state index contributed by atoms with van der Waals surface area (Å²) in [5.74, 6) is 5.00. The van der Waals surface area contributed by atoms with Crippen LogP contribution in [-0.2, 0) is 10.0 Å². The van der Waals surface area contributed by atoms with E-state index in [1.54, 1.807) is 0 Å². The largest absolute Gasteiger partial charge is 0.384 e. The van der Waals surface area contributed by atoms with Gasteiger partial charge in [0.2, 0.25) is 5.13 Å². The molecule has 0 aliphatic carbocycles. The number of hydrogen-bond donors (Lipinski definition) is 2. The average molecular weight is 296 g/mol. The van der Waals surface area contributed by atoms with Gasteiger partial charge in [0.05, 0.1) is 0 Å². The smallest absolute Gasteiger partial charge is 0.265 e. The summed E-state index contributed by atoms with van der Waals surface area (Å²) in [4.78, 5) is 3.76. The zero-order chi connectivity index (χ0) is 13.7. The van der Waals surface area contributed by atoms with E-state index >= 15 is 0 Å². The van der Waals surface area contributed by atoms with Crippen molar-refractivity contribution in [1.82, 2.24) is 15.2 Å². The molecular weight excluding hydrogens is 288 g/mol. The van der Waals surface area contributed by atoms with Crippen molar-refractivity contribution in [3.63, 3.8) is 0 Å². The van der Waals surface area contributed by atoms with Gasteiger partial charge < -0.3 is 5.11 Å². The molecule has 0 radical (unpaired) electrons. The van der Waals surface area contributed by atoms with Crippen molar-refractivity contribution in [3.05, 3.63) is 29.5 Å². The third-order valence-electron chi connectivity index (χ3n) is 1.92. The SMILES string of the molecule is O=S(=O)(Nc1nncs1)c1cncc(C#CCO)c1. The molecular formula is C10H8N4O3S2. The first-order valence-electron chi connectivity index (χ1n) is 4.95. The first kappa shape index (κ1) is 13.4. The molecule has 0 saturated heterocycles. The number of aliphatic hydroxyl groups excluding tert-OH is 1. The third kappa shape index (κ3) is 3.47. The lowest BCUT2D eigenvalue weighted by atomic mass is 10.3. The van der Waals surface area contributed by atoms with Gasteiger partial charge in [-0.1, -0.05) is 23.2 Å². The van der Waals surface area contributed by atoms with Crippen LogP contribution in [0.1, 0.15) is 5.56 Å². The quantitative estimate of drug-likeness (QED) is 0.777. The molecule has 2 aromatic rings. The van der Waals surface area contributed by atoms with Gasteiger partial charge in [-0.2, -0.15) is 0 Å². The fourth-order valence-electron chi connectivity index (χ4n) is 1.17. The standard InChI is InChI=1S/C10H8N4O3S2/c15-3-1-2-8-4-9(6-11-5-8)19(16,17)14-10-13-12-7-18-10/h4-7,15H,3H2,(H,13,14). The van der Waals surface area contributed by atoms with E-state index in [0.29, 0.717) is 5.56 Å². The molecule has 0 saturated carbocycles.